The van der Waals surface area contributed by atoms with Crippen molar-refractivity contribution in [1.82, 2.24) is 10.6 Å². The van der Waals surface area contributed by atoms with Crippen molar-refractivity contribution in [3.8, 4) is 0 Å². The molecule has 2 aromatic rings. The van der Waals surface area contributed by atoms with Gasteiger partial charge in [-0.25, -0.2) is 0 Å². The van der Waals surface area contributed by atoms with Gasteiger partial charge in [0, 0.05) is 22.5 Å². The van der Waals surface area contributed by atoms with Crippen molar-refractivity contribution in [2.75, 3.05) is 13.1 Å². The van der Waals surface area contributed by atoms with Gasteiger partial charge in [-0.1, -0.05) is 43.6 Å². The molecule has 0 fully saturated rings. The molecule has 1 aromatic carbocycles. The van der Waals surface area contributed by atoms with Crippen LogP contribution in [0.1, 0.15) is 30.3 Å². The molecule has 1 atom stereocenters. The van der Waals surface area contributed by atoms with Crippen molar-refractivity contribution in [2.24, 2.45) is 5.92 Å². The summed E-state index contributed by atoms with van der Waals surface area (Å²) in [5.74, 6) is 0.413. The molecule has 1 unspecified atom stereocenters. The number of carbonyl (C=O) groups excluding carboxylic acids is 1. The average Bonchev–Trinajstić information content (AvgIpc) is 3.02. The van der Waals surface area contributed by atoms with Gasteiger partial charge >= 0.3 is 0 Å². The number of nitrogens with one attached hydrogen (secondary N) is 2. The van der Waals surface area contributed by atoms with Gasteiger partial charge in [0.1, 0.15) is 0 Å². The Morgan fingerprint density at radius 2 is 1.96 bits per heavy atom. The van der Waals surface area contributed by atoms with Crippen LogP contribution >= 0.6 is 22.9 Å². The molecule has 0 saturated heterocycles. The summed E-state index contributed by atoms with van der Waals surface area (Å²) in [6.45, 7) is 5.27. The van der Waals surface area contributed by atoms with E-state index in [1.807, 2.05) is 30.3 Å². The maximum absolute atomic E-state index is 12.0. The highest BCUT2D eigenvalue weighted by molar-refractivity contribution is 7.09. The summed E-state index contributed by atoms with van der Waals surface area (Å²) in [6.07, 6.45) is 0.883. The van der Waals surface area contributed by atoms with Crippen LogP contribution in [0, 0.1) is 5.92 Å². The van der Waals surface area contributed by atoms with Crippen molar-refractivity contribution < 1.29 is 4.79 Å². The Labute approximate surface area is 147 Å². The molecule has 1 heterocycles. The lowest BCUT2D eigenvalue weighted by atomic mass is 9.96. The second-order valence-corrected chi connectivity index (χ2v) is 7.30. The smallest absolute Gasteiger partial charge is 0.233 e. The summed E-state index contributed by atoms with van der Waals surface area (Å²) in [5.41, 5.74) is 1.15. The summed E-state index contributed by atoms with van der Waals surface area (Å²) >= 11 is 7.66. The van der Waals surface area contributed by atoms with E-state index in [1.54, 1.807) is 11.3 Å². The van der Waals surface area contributed by atoms with Crippen LogP contribution in [0.25, 0.3) is 0 Å². The van der Waals surface area contributed by atoms with E-state index in [4.69, 9.17) is 11.6 Å². The molecule has 3 nitrogen and oxygen atoms in total. The predicted octanol–water partition coefficient (Wildman–Crippen LogP) is 4.05. The summed E-state index contributed by atoms with van der Waals surface area (Å²) in [4.78, 5) is 13.3. The van der Waals surface area contributed by atoms with E-state index in [-0.39, 0.29) is 11.9 Å². The normalized spacial score (nSPS) is 12.3. The molecule has 0 spiro atoms. The molecule has 0 bridgehead atoms. The van der Waals surface area contributed by atoms with Crippen molar-refractivity contribution in [3.63, 3.8) is 0 Å². The topological polar surface area (TPSA) is 41.1 Å². The van der Waals surface area contributed by atoms with Crippen molar-refractivity contribution in [1.29, 1.82) is 0 Å². The number of hydrogen-bond acceptors (Lipinski definition) is 3. The lowest BCUT2D eigenvalue weighted by molar-refractivity contribution is -0.120. The maximum Gasteiger partial charge on any atom is 0.233 e. The van der Waals surface area contributed by atoms with Crippen LogP contribution in [0.3, 0.4) is 0 Å². The van der Waals surface area contributed by atoms with E-state index >= 15 is 0 Å². The molecule has 23 heavy (non-hydrogen) atoms. The molecular weight excluding hydrogens is 328 g/mol. The zero-order valence-electron chi connectivity index (χ0n) is 13.5. The Kier molecular flexibility index (Phi) is 7.09. The second-order valence-electron chi connectivity index (χ2n) is 5.83. The number of hydrogen-bond donors (Lipinski definition) is 2. The number of amides is 1. The molecule has 0 aliphatic carbocycles. The first-order chi connectivity index (χ1) is 11.1. The van der Waals surface area contributed by atoms with Gasteiger partial charge in [-0.05, 0) is 41.5 Å². The largest absolute Gasteiger partial charge is 0.355 e. The number of rotatable bonds is 8. The molecule has 2 rings (SSSR count). The minimum atomic E-state index is 0.0289. The van der Waals surface area contributed by atoms with E-state index in [1.165, 1.54) is 4.88 Å². The highest BCUT2D eigenvalue weighted by Gasteiger charge is 2.16. The molecule has 124 valence electrons. The summed E-state index contributed by atoms with van der Waals surface area (Å²) in [5, 5.41) is 9.08. The Morgan fingerprint density at radius 3 is 2.57 bits per heavy atom. The van der Waals surface area contributed by atoms with Gasteiger partial charge in [0.25, 0.3) is 0 Å². The summed E-state index contributed by atoms with van der Waals surface area (Å²) in [6, 6.07) is 12.0. The van der Waals surface area contributed by atoms with Crippen molar-refractivity contribution in [3.05, 3.63) is 57.2 Å². The molecule has 0 aliphatic rings. The number of thiophene rings is 1. The van der Waals surface area contributed by atoms with Gasteiger partial charge in [-0.15, -0.1) is 11.3 Å². The van der Waals surface area contributed by atoms with E-state index in [2.05, 4.69) is 35.9 Å². The molecular formula is C18H23ClN2OS. The van der Waals surface area contributed by atoms with Crippen LogP contribution in [0.15, 0.2) is 41.8 Å². The van der Waals surface area contributed by atoms with Crippen LogP contribution in [0.2, 0.25) is 5.02 Å². The summed E-state index contributed by atoms with van der Waals surface area (Å²) < 4.78 is 0. The monoisotopic (exact) mass is 350 g/mol. The quantitative estimate of drug-likeness (QED) is 0.754. The van der Waals surface area contributed by atoms with Gasteiger partial charge in [0.2, 0.25) is 5.91 Å². The van der Waals surface area contributed by atoms with Gasteiger partial charge in [-0.2, -0.15) is 0 Å². The van der Waals surface area contributed by atoms with Gasteiger partial charge in [0.05, 0.1) is 6.54 Å². The fraction of sp³-hybridized carbons (Fsp3) is 0.389. The molecule has 0 saturated carbocycles. The standard InChI is InChI=1S/C18H23ClN2OS/c1-13(2)18(14-5-7-15(19)8-6-14)21-12-17(22)20-10-9-16-4-3-11-23-16/h3-8,11,13,18,21H,9-10,12H2,1-2H3,(H,20,22). The third-order valence-corrected chi connectivity index (χ3v) is 4.84. The van der Waals surface area contributed by atoms with Crippen LogP contribution < -0.4 is 10.6 Å². The highest BCUT2D eigenvalue weighted by atomic mass is 35.5. The van der Waals surface area contributed by atoms with E-state index in [0.717, 1.165) is 17.0 Å². The Morgan fingerprint density at radius 1 is 1.22 bits per heavy atom. The van der Waals surface area contributed by atoms with E-state index in [9.17, 15) is 4.79 Å². The summed E-state index contributed by atoms with van der Waals surface area (Å²) in [7, 11) is 0. The van der Waals surface area contributed by atoms with Crippen LogP contribution in [0.5, 0.6) is 0 Å². The molecule has 1 amide bonds. The molecule has 0 aliphatic heterocycles. The fourth-order valence-corrected chi connectivity index (χ4v) is 3.29. The van der Waals surface area contributed by atoms with Gasteiger partial charge in [0.15, 0.2) is 0 Å². The Balaban J connectivity index is 1.79. The lowest BCUT2D eigenvalue weighted by Gasteiger charge is -2.23. The third kappa shape index (κ3) is 5.98. The number of carbonyl (C=O) groups is 1. The fourth-order valence-electron chi connectivity index (χ4n) is 2.45. The van der Waals surface area contributed by atoms with E-state index < -0.39 is 0 Å². The SMILES string of the molecule is CC(C)C(NCC(=O)NCCc1cccs1)c1ccc(Cl)cc1. The van der Waals surface area contributed by atoms with Gasteiger partial charge in [-0.3, -0.25) is 4.79 Å². The van der Waals surface area contributed by atoms with E-state index in [0.29, 0.717) is 19.0 Å². The predicted molar refractivity (Wildman–Crippen MR) is 98.1 cm³/mol. The molecule has 5 heteroatoms. The zero-order chi connectivity index (χ0) is 16.7. The molecule has 2 N–H and O–H groups in total. The van der Waals surface area contributed by atoms with Crippen LogP contribution in [0.4, 0.5) is 0 Å². The second kappa shape index (κ2) is 9.06. The van der Waals surface area contributed by atoms with Crippen molar-refractivity contribution in [2.45, 2.75) is 26.3 Å². The third-order valence-electron chi connectivity index (χ3n) is 3.65. The molecule has 0 radical (unpaired) electrons. The number of halogens is 1. The highest BCUT2D eigenvalue weighted by Crippen LogP contribution is 2.22. The Hall–Kier alpha value is -1.36. The first-order valence-electron chi connectivity index (χ1n) is 7.84. The Bertz CT molecular complexity index is 596. The average molecular weight is 351 g/mol. The first-order valence-corrected chi connectivity index (χ1v) is 9.10. The minimum absolute atomic E-state index is 0.0289. The zero-order valence-corrected chi connectivity index (χ0v) is 15.1. The van der Waals surface area contributed by atoms with Crippen LogP contribution in [-0.4, -0.2) is 19.0 Å². The maximum atomic E-state index is 12.0. The van der Waals surface area contributed by atoms with Crippen LogP contribution in [-0.2, 0) is 11.2 Å². The minimum Gasteiger partial charge on any atom is -0.355 e. The first kappa shape index (κ1) is 18.0. The molecule has 1 aromatic heterocycles. The van der Waals surface area contributed by atoms with Crippen molar-refractivity contribution >= 4 is 28.8 Å². The van der Waals surface area contributed by atoms with Gasteiger partial charge < -0.3 is 10.6 Å². The lowest BCUT2D eigenvalue weighted by Crippen LogP contribution is -2.38. The number of benzene rings is 1.